The van der Waals surface area contributed by atoms with Crippen LogP contribution in [0, 0.1) is 10.5 Å². The molecule has 1 aromatic carbocycles. The second-order valence-electron chi connectivity index (χ2n) is 4.44. The van der Waals surface area contributed by atoms with Gasteiger partial charge in [-0.1, -0.05) is 31.9 Å². The summed E-state index contributed by atoms with van der Waals surface area (Å²) in [6, 6.07) is 4.62. The summed E-state index contributed by atoms with van der Waals surface area (Å²) in [4.78, 5) is 23.2. The molecule has 0 heterocycles. The van der Waals surface area contributed by atoms with Crippen LogP contribution in [0.4, 0.5) is 0 Å². The number of benzene rings is 1. The van der Waals surface area contributed by atoms with E-state index in [9.17, 15) is 9.59 Å². The number of carboxylic acids is 1. The summed E-state index contributed by atoms with van der Waals surface area (Å²) in [5.74, 6) is -1.30. The Hall–Kier alpha value is -1.11. The fourth-order valence-corrected chi connectivity index (χ4v) is 2.33. The number of halogens is 1. The normalized spacial score (nSPS) is 11.9. The molecule has 0 spiro atoms. The van der Waals surface area contributed by atoms with E-state index >= 15 is 0 Å². The molecule has 1 atom stereocenters. The molecule has 0 saturated carbocycles. The van der Waals surface area contributed by atoms with Crippen LogP contribution in [0.25, 0.3) is 0 Å². The summed E-state index contributed by atoms with van der Waals surface area (Å²) >= 11 is 2.10. The van der Waals surface area contributed by atoms with Crippen LogP contribution in [-0.2, 0) is 4.79 Å². The molecule has 0 saturated heterocycles. The third-order valence-electron chi connectivity index (χ3n) is 2.89. The smallest absolute Gasteiger partial charge is 0.326 e. The van der Waals surface area contributed by atoms with Crippen LogP contribution < -0.4 is 5.32 Å². The zero-order valence-corrected chi connectivity index (χ0v) is 13.2. The summed E-state index contributed by atoms with van der Waals surface area (Å²) in [6.07, 6.45) is 2.14. The summed E-state index contributed by atoms with van der Waals surface area (Å²) in [7, 11) is 0. The van der Waals surface area contributed by atoms with Crippen LogP contribution in [0.3, 0.4) is 0 Å². The molecule has 1 unspecified atom stereocenters. The molecular weight excluding hydrogens is 357 g/mol. The van der Waals surface area contributed by atoms with Gasteiger partial charge >= 0.3 is 5.97 Å². The third kappa shape index (κ3) is 4.49. The average molecular weight is 375 g/mol. The molecule has 1 rings (SSSR count). The van der Waals surface area contributed by atoms with Crippen molar-refractivity contribution in [3.05, 3.63) is 32.9 Å². The Balaban J connectivity index is 2.82. The lowest BCUT2D eigenvalue weighted by molar-refractivity contribution is -0.139. The summed E-state index contributed by atoms with van der Waals surface area (Å²) in [5, 5.41) is 11.7. The molecule has 0 aromatic heterocycles. The van der Waals surface area contributed by atoms with Gasteiger partial charge in [0.2, 0.25) is 0 Å². The number of amides is 1. The molecule has 104 valence electrons. The first-order chi connectivity index (χ1) is 8.97. The van der Waals surface area contributed by atoms with E-state index in [1.54, 1.807) is 12.1 Å². The van der Waals surface area contributed by atoms with Gasteiger partial charge in [-0.3, -0.25) is 4.79 Å². The van der Waals surface area contributed by atoms with Crippen molar-refractivity contribution in [1.29, 1.82) is 0 Å². The number of carbonyl (C=O) groups excluding carboxylic acids is 1. The Morgan fingerprint density at radius 2 is 2.11 bits per heavy atom. The van der Waals surface area contributed by atoms with Crippen molar-refractivity contribution in [3.8, 4) is 0 Å². The molecule has 1 aromatic rings. The van der Waals surface area contributed by atoms with Crippen molar-refractivity contribution in [2.75, 3.05) is 0 Å². The number of unbranched alkanes of at least 4 members (excludes halogenated alkanes) is 1. The lowest BCUT2D eigenvalue weighted by atomic mass is 10.1. The molecule has 0 aliphatic carbocycles. The van der Waals surface area contributed by atoms with Gasteiger partial charge in [-0.2, -0.15) is 0 Å². The largest absolute Gasteiger partial charge is 0.480 e. The number of aryl methyl sites for hydroxylation is 1. The van der Waals surface area contributed by atoms with Crippen LogP contribution >= 0.6 is 22.6 Å². The van der Waals surface area contributed by atoms with Crippen LogP contribution in [0.15, 0.2) is 18.2 Å². The summed E-state index contributed by atoms with van der Waals surface area (Å²) in [6.45, 7) is 3.91. The lowest BCUT2D eigenvalue weighted by Crippen LogP contribution is -2.41. The predicted molar refractivity (Wildman–Crippen MR) is 82.3 cm³/mol. The number of rotatable bonds is 6. The van der Waals surface area contributed by atoms with E-state index in [4.69, 9.17) is 5.11 Å². The summed E-state index contributed by atoms with van der Waals surface area (Å²) < 4.78 is 0.859. The molecule has 0 radical (unpaired) electrons. The van der Waals surface area contributed by atoms with Gasteiger partial charge < -0.3 is 10.4 Å². The molecule has 0 aliphatic rings. The van der Waals surface area contributed by atoms with Gasteiger partial charge in [-0.05, 0) is 47.6 Å². The molecule has 0 fully saturated rings. The van der Waals surface area contributed by atoms with Crippen molar-refractivity contribution in [2.45, 2.75) is 39.2 Å². The number of aliphatic carboxylic acids is 1. The average Bonchev–Trinajstić information content (AvgIpc) is 2.37. The van der Waals surface area contributed by atoms with Crippen LogP contribution in [0.2, 0.25) is 0 Å². The highest BCUT2D eigenvalue weighted by Gasteiger charge is 2.21. The Labute approximate surface area is 126 Å². The van der Waals surface area contributed by atoms with Crippen molar-refractivity contribution >= 4 is 34.5 Å². The molecule has 2 N–H and O–H groups in total. The number of hydrogen-bond acceptors (Lipinski definition) is 2. The van der Waals surface area contributed by atoms with Gasteiger partial charge in [-0.25, -0.2) is 4.79 Å². The molecule has 1 amide bonds. The minimum Gasteiger partial charge on any atom is -0.480 e. The maximum Gasteiger partial charge on any atom is 0.326 e. The molecule has 5 heteroatoms. The molecule has 0 aliphatic heterocycles. The zero-order chi connectivity index (χ0) is 14.4. The maximum atomic E-state index is 12.1. The highest BCUT2D eigenvalue weighted by molar-refractivity contribution is 14.1. The monoisotopic (exact) mass is 375 g/mol. The first-order valence-electron chi connectivity index (χ1n) is 6.26. The second-order valence-corrected chi connectivity index (χ2v) is 5.52. The molecule has 0 bridgehead atoms. The number of nitrogens with one attached hydrogen (secondary N) is 1. The van der Waals surface area contributed by atoms with E-state index in [1.165, 1.54) is 0 Å². The Bertz CT molecular complexity index is 474. The summed E-state index contributed by atoms with van der Waals surface area (Å²) in [5.41, 5.74) is 1.54. The van der Waals surface area contributed by atoms with E-state index < -0.39 is 12.0 Å². The van der Waals surface area contributed by atoms with E-state index in [0.717, 1.165) is 22.0 Å². The fraction of sp³-hybridized carbons (Fsp3) is 0.429. The third-order valence-corrected chi connectivity index (χ3v) is 4.32. The van der Waals surface area contributed by atoms with Crippen LogP contribution in [0.5, 0.6) is 0 Å². The quantitative estimate of drug-likeness (QED) is 0.752. The highest BCUT2D eigenvalue weighted by Crippen LogP contribution is 2.17. The van der Waals surface area contributed by atoms with Crippen LogP contribution in [0.1, 0.15) is 42.1 Å². The van der Waals surface area contributed by atoms with E-state index in [2.05, 4.69) is 27.9 Å². The van der Waals surface area contributed by atoms with Gasteiger partial charge in [0.15, 0.2) is 0 Å². The second kappa shape index (κ2) is 7.47. The van der Waals surface area contributed by atoms with Crippen molar-refractivity contribution < 1.29 is 14.7 Å². The molecule has 4 nitrogen and oxygen atoms in total. The van der Waals surface area contributed by atoms with E-state index in [0.29, 0.717) is 12.0 Å². The zero-order valence-electron chi connectivity index (χ0n) is 11.1. The minimum absolute atomic E-state index is 0.323. The number of hydrogen-bond donors (Lipinski definition) is 2. The number of carboxylic acid groups (broad SMARTS) is 1. The van der Waals surface area contributed by atoms with Gasteiger partial charge in [0.25, 0.3) is 5.91 Å². The first-order valence-corrected chi connectivity index (χ1v) is 7.34. The predicted octanol–water partition coefficient (Wildman–Crippen LogP) is 2.97. The standard InChI is InChI=1S/C14H18INO3/c1-3-4-8-11(14(18)19)16-13(17)10-7-5-6-9(2)12(10)15/h5-7,11H,3-4,8H2,1-2H3,(H,16,17)(H,18,19). The van der Waals surface area contributed by atoms with Gasteiger partial charge in [0.05, 0.1) is 5.56 Å². The van der Waals surface area contributed by atoms with Crippen molar-refractivity contribution in [2.24, 2.45) is 0 Å². The SMILES string of the molecule is CCCCC(NC(=O)c1cccc(C)c1I)C(=O)O. The Morgan fingerprint density at radius 1 is 1.42 bits per heavy atom. The first kappa shape index (κ1) is 15.9. The molecule has 19 heavy (non-hydrogen) atoms. The van der Waals surface area contributed by atoms with E-state index in [-0.39, 0.29) is 5.91 Å². The van der Waals surface area contributed by atoms with Gasteiger partial charge in [0, 0.05) is 3.57 Å². The molecular formula is C14H18INO3. The fourth-order valence-electron chi connectivity index (χ4n) is 1.72. The van der Waals surface area contributed by atoms with Crippen molar-refractivity contribution in [1.82, 2.24) is 5.32 Å². The Morgan fingerprint density at radius 3 is 2.68 bits per heavy atom. The van der Waals surface area contributed by atoms with Crippen LogP contribution in [-0.4, -0.2) is 23.0 Å². The lowest BCUT2D eigenvalue weighted by Gasteiger charge is -2.15. The number of carbonyl (C=O) groups is 2. The van der Waals surface area contributed by atoms with Crippen molar-refractivity contribution in [3.63, 3.8) is 0 Å². The Kier molecular flexibility index (Phi) is 6.27. The van der Waals surface area contributed by atoms with Gasteiger partial charge in [-0.15, -0.1) is 0 Å². The van der Waals surface area contributed by atoms with Gasteiger partial charge in [0.1, 0.15) is 6.04 Å². The van der Waals surface area contributed by atoms with E-state index in [1.807, 2.05) is 19.9 Å². The topological polar surface area (TPSA) is 66.4 Å². The minimum atomic E-state index is -0.982. The highest BCUT2D eigenvalue weighted by atomic mass is 127. The maximum absolute atomic E-state index is 12.1.